The molecular formula is C18H35N5OS. The summed E-state index contributed by atoms with van der Waals surface area (Å²) in [7, 11) is 3.89. The molecule has 144 valence electrons. The molecule has 0 atom stereocenters. The van der Waals surface area contributed by atoms with Crippen LogP contribution >= 0.6 is 11.3 Å². The summed E-state index contributed by atoms with van der Waals surface area (Å²) in [4.78, 5) is 11.5. The van der Waals surface area contributed by atoms with Crippen molar-refractivity contribution in [2.24, 2.45) is 4.99 Å². The van der Waals surface area contributed by atoms with Gasteiger partial charge in [-0.2, -0.15) is 0 Å². The highest BCUT2D eigenvalue weighted by Crippen LogP contribution is 2.11. The van der Waals surface area contributed by atoms with Crippen molar-refractivity contribution in [1.29, 1.82) is 0 Å². The monoisotopic (exact) mass is 369 g/mol. The van der Waals surface area contributed by atoms with E-state index in [9.17, 15) is 0 Å². The predicted molar refractivity (Wildman–Crippen MR) is 108 cm³/mol. The molecule has 0 aliphatic heterocycles. The Bertz CT molecular complexity index is 478. The fourth-order valence-electron chi connectivity index (χ4n) is 2.39. The zero-order chi connectivity index (χ0) is 18.3. The first-order chi connectivity index (χ1) is 12.2. The maximum Gasteiger partial charge on any atom is 0.191 e. The zero-order valence-corrected chi connectivity index (χ0v) is 17.1. The van der Waals surface area contributed by atoms with Gasteiger partial charge in [0.05, 0.1) is 5.01 Å². The number of guanidine groups is 1. The lowest BCUT2D eigenvalue weighted by Crippen LogP contribution is -2.41. The number of aryl methyl sites for hydroxylation is 2. The third-order valence-corrected chi connectivity index (χ3v) is 4.78. The molecule has 0 fully saturated rings. The van der Waals surface area contributed by atoms with Crippen LogP contribution in [0.2, 0.25) is 0 Å². The van der Waals surface area contributed by atoms with E-state index in [1.807, 2.05) is 6.92 Å². The molecule has 0 aliphatic rings. The van der Waals surface area contributed by atoms with E-state index in [1.165, 1.54) is 5.01 Å². The summed E-state index contributed by atoms with van der Waals surface area (Å²) in [5.41, 5.74) is 1.13. The number of methoxy groups -OCH3 is 1. The summed E-state index contributed by atoms with van der Waals surface area (Å²) in [6, 6.07) is 0. The van der Waals surface area contributed by atoms with Gasteiger partial charge in [0.15, 0.2) is 5.96 Å². The molecule has 1 rings (SSSR count). The van der Waals surface area contributed by atoms with Crippen molar-refractivity contribution < 1.29 is 4.74 Å². The molecule has 1 aromatic rings. The Kier molecular flexibility index (Phi) is 12.3. The third-order valence-electron chi connectivity index (χ3n) is 3.75. The van der Waals surface area contributed by atoms with Gasteiger partial charge in [0.2, 0.25) is 0 Å². The summed E-state index contributed by atoms with van der Waals surface area (Å²) < 4.78 is 5.09. The fourth-order valence-corrected chi connectivity index (χ4v) is 3.21. The molecule has 0 aliphatic carbocycles. The van der Waals surface area contributed by atoms with Crippen LogP contribution in [0.1, 0.15) is 36.9 Å². The first-order valence-corrected chi connectivity index (χ1v) is 10.1. The Balaban J connectivity index is 2.17. The number of hydrogen-bond donors (Lipinski definition) is 2. The van der Waals surface area contributed by atoms with Gasteiger partial charge < -0.3 is 20.3 Å². The lowest BCUT2D eigenvalue weighted by Gasteiger charge is -2.18. The molecule has 0 amide bonds. The Morgan fingerprint density at radius 3 is 2.80 bits per heavy atom. The molecule has 0 bridgehead atoms. The largest absolute Gasteiger partial charge is 0.385 e. The lowest BCUT2D eigenvalue weighted by atomic mass is 10.2. The van der Waals surface area contributed by atoms with Crippen molar-refractivity contribution in [1.82, 2.24) is 20.5 Å². The SMILES string of the molecule is CCNC(=NCCCCc1nc(C)cs1)NCCN(C)CCCOC. The average molecular weight is 370 g/mol. The lowest BCUT2D eigenvalue weighted by molar-refractivity contribution is 0.180. The molecule has 6 nitrogen and oxygen atoms in total. The number of aliphatic imine (C=N–C) groups is 1. The van der Waals surface area contributed by atoms with Crippen LogP contribution in [-0.2, 0) is 11.2 Å². The Morgan fingerprint density at radius 2 is 2.12 bits per heavy atom. The first-order valence-electron chi connectivity index (χ1n) is 9.26. The quantitative estimate of drug-likeness (QED) is 0.317. The predicted octanol–water partition coefficient (Wildman–Crippen LogP) is 2.30. The molecule has 0 saturated carbocycles. The number of ether oxygens (including phenoxy) is 1. The van der Waals surface area contributed by atoms with E-state index in [-0.39, 0.29) is 0 Å². The normalized spacial score (nSPS) is 12.0. The highest BCUT2D eigenvalue weighted by Gasteiger charge is 2.01. The van der Waals surface area contributed by atoms with E-state index < -0.39 is 0 Å². The second-order valence-corrected chi connectivity index (χ2v) is 7.12. The van der Waals surface area contributed by atoms with E-state index in [0.717, 1.165) is 76.7 Å². The highest BCUT2D eigenvalue weighted by molar-refractivity contribution is 7.09. The number of likely N-dealkylation sites (N-methyl/N-ethyl adjacent to an activating group) is 1. The second-order valence-electron chi connectivity index (χ2n) is 6.18. The van der Waals surface area contributed by atoms with E-state index in [2.05, 4.69) is 44.9 Å². The van der Waals surface area contributed by atoms with Crippen LogP contribution in [0.4, 0.5) is 0 Å². The van der Waals surface area contributed by atoms with Crippen LogP contribution in [0.25, 0.3) is 0 Å². The van der Waals surface area contributed by atoms with Crippen molar-refractivity contribution in [3.8, 4) is 0 Å². The summed E-state index contributed by atoms with van der Waals surface area (Å²) in [6.07, 6.45) is 4.36. The van der Waals surface area contributed by atoms with Crippen molar-refractivity contribution in [3.63, 3.8) is 0 Å². The third kappa shape index (κ3) is 11.1. The molecule has 0 spiro atoms. The molecular weight excluding hydrogens is 334 g/mol. The summed E-state index contributed by atoms with van der Waals surface area (Å²) >= 11 is 1.76. The molecule has 0 unspecified atom stereocenters. The van der Waals surface area contributed by atoms with Crippen LogP contribution in [0.5, 0.6) is 0 Å². The fraction of sp³-hybridized carbons (Fsp3) is 0.778. The van der Waals surface area contributed by atoms with Gasteiger partial charge in [-0.05, 0) is 46.6 Å². The van der Waals surface area contributed by atoms with Gasteiger partial charge >= 0.3 is 0 Å². The number of thiazole rings is 1. The maximum absolute atomic E-state index is 5.09. The topological polar surface area (TPSA) is 61.8 Å². The van der Waals surface area contributed by atoms with Crippen LogP contribution in [-0.4, -0.2) is 69.3 Å². The first kappa shape index (κ1) is 21.9. The maximum atomic E-state index is 5.09. The van der Waals surface area contributed by atoms with Gasteiger partial charge in [-0.15, -0.1) is 11.3 Å². The summed E-state index contributed by atoms with van der Waals surface area (Å²) in [5, 5.41) is 10.1. The van der Waals surface area contributed by atoms with Gasteiger partial charge in [-0.3, -0.25) is 4.99 Å². The summed E-state index contributed by atoms with van der Waals surface area (Å²) in [5.74, 6) is 0.915. The van der Waals surface area contributed by atoms with Gasteiger partial charge in [-0.25, -0.2) is 4.98 Å². The number of nitrogens with zero attached hydrogens (tertiary/aromatic N) is 3. The number of hydrogen-bond acceptors (Lipinski definition) is 5. The molecule has 0 saturated heterocycles. The van der Waals surface area contributed by atoms with Crippen LogP contribution in [0.3, 0.4) is 0 Å². The summed E-state index contributed by atoms with van der Waals surface area (Å²) in [6.45, 7) is 9.65. The van der Waals surface area contributed by atoms with E-state index in [0.29, 0.717) is 0 Å². The molecule has 1 aromatic heterocycles. The molecule has 0 radical (unpaired) electrons. The van der Waals surface area contributed by atoms with Crippen molar-refractivity contribution in [2.75, 3.05) is 53.5 Å². The number of rotatable bonds is 13. The number of unbranched alkanes of at least 4 members (excludes halogenated alkanes) is 1. The number of aromatic nitrogens is 1. The minimum atomic E-state index is 0.822. The van der Waals surface area contributed by atoms with Crippen molar-refractivity contribution in [3.05, 3.63) is 16.1 Å². The molecule has 0 aromatic carbocycles. The smallest absolute Gasteiger partial charge is 0.191 e. The van der Waals surface area contributed by atoms with Crippen LogP contribution < -0.4 is 10.6 Å². The van der Waals surface area contributed by atoms with E-state index in [1.54, 1.807) is 18.4 Å². The molecule has 7 heteroatoms. The minimum Gasteiger partial charge on any atom is -0.385 e. The Labute approximate surface area is 157 Å². The van der Waals surface area contributed by atoms with Crippen LogP contribution in [0.15, 0.2) is 10.4 Å². The highest BCUT2D eigenvalue weighted by atomic mass is 32.1. The Hall–Kier alpha value is -1.18. The van der Waals surface area contributed by atoms with E-state index >= 15 is 0 Å². The molecule has 2 N–H and O–H groups in total. The Morgan fingerprint density at radius 1 is 1.28 bits per heavy atom. The number of nitrogens with one attached hydrogen (secondary N) is 2. The van der Waals surface area contributed by atoms with Gasteiger partial charge in [0.1, 0.15) is 0 Å². The van der Waals surface area contributed by atoms with Gasteiger partial charge in [0.25, 0.3) is 0 Å². The second kappa shape index (κ2) is 14.0. The van der Waals surface area contributed by atoms with Gasteiger partial charge in [0, 0.05) is 57.5 Å². The molecule has 1 heterocycles. The zero-order valence-electron chi connectivity index (χ0n) is 16.3. The van der Waals surface area contributed by atoms with Crippen LogP contribution in [0, 0.1) is 6.92 Å². The van der Waals surface area contributed by atoms with Crippen molar-refractivity contribution in [2.45, 2.75) is 39.5 Å². The minimum absolute atomic E-state index is 0.822. The standard InChI is InChI=1S/C18H35N5OS/c1-5-19-18(21-11-13-23(3)12-8-14-24-4)20-10-7-6-9-17-22-16(2)15-25-17/h15H,5-14H2,1-4H3,(H2,19,20,21). The van der Waals surface area contributed by atoms with Crippen molar-refractivity contribution >= 4 is 17.3 Å². The molecule has 25 heavy (non-hydrogen) atoms. The van der Waals surface area contributed by atoms with Gasteiger partial charge in [-0.1, -0.05) is 0 Å². The van der Waals surface area contributed by atoms with E-state index in [4.69, 9.17) is 4.74 Å². The average Bonchev–Trinajstić information content (AvgIpc) is 3.00.